The first-order valence-corrected chi connectivity index (χ1v) is 2.12. The van der Waals surface area contributed by atoms with Crippen molar-refractivity contribution in [2.24, 2.45) is 0 Å². The van der Waals surface area contributed by atoms with Gasteiger partial charge in [0.2, 0.25) is 0 Å². The number of carbonyl (C=O) groups excluding carboxylic acids is 2. The molecular formula is C5H8O2. The van der Waals surface area contributed by atoms with E-state index in [1.54, 1.807) is 0 Å². The lowest BCUT2D eigenvalue weighted by atomic mass is 10.2. The fraction of sp³-hybridized carbons (Fsp3) is 0.600. The second-order valence-electron chi connectivity index (χ2n) is 1.58. The zero-order valence-corrected chi connectivity index (χ0v) is 4.52. The van der Waals surface area contributed by atoms with E-state index in [1.807, 2.05) is 0 Å². The van der Waals surface area contributed by atoms with Crippen molar-refractivity contribution >= 4 is 11.6 Å². The Bertz CT molecular complexity index is 82.3. The van der Waals surface area contributed by atoms with Gasteiger partial charge in [-0.2, -0.15) is 0 Å². The molecule has 0 aliphatic heterocycles. The van der Waals surface area contributed by atoms with Crippen molar-refractivity contribution in [2.45, 2.75) is 20.3 Å². The molecule has 0 N–H and O–H groups in total. The highest BCUT2D eigenvalue weighted by atomic mass is 18.1. The molecule has 2 nitrogen and oxygen atoms in total. The van der Waals surface area contributed by atoms with Gasteiger partial charge in [0.05, 0.1) is 6.42 Å². The van der Waals surface area contributed by atoms with E-state index in [9.17, 15) is 9.59 Å². The Balaban J connectivity index is 3.32. The van der Waals surface area contributed by atoms with Crippen molar-refractivity contribution in [3.63, 3.8) is 0 Å². The van der Waals surface area contributed by atoms with Gasteiger partial charge in [-0.05, 0) is 13.8 Å². The van der Waals surface area contributed by atoms with Crippen LogP contribution < -0.4 is 0 Å². The Morgan fingerprint density at radius 3 is 1.43 bits per heavy atom. The van der Waals surface area contributed by atoms with E-state index >= 15 is 0 Å². The van der Waals surface area contributed by atoms with Gasteiger partial charge in [0.1, 0.15) is 11.6 Å². The summed E-state index contributed by atoms with van der Waals surface area (Å²) in [5.74, 6) is -0.125. The topological polar surface area (TPSA) is 34.1 Å². The van der Waals surface area contributed by atoms with Gasteiger partial charge in [-0.3, -0.25) is 9.59 Å². The van der Waals surface area contributed by atoms with Crippen LogP contribution in [0.4, 0.5) is 0 Å². The quantitative estimate of drug-likeness (QED) is 0.379. The SMILES string of the molecule is CC(=[18O])CC(C)=[18O]. The van der Waals surface area contributed by atoms with E-state index in [-0.39, 0.29) is 18.0 Å². The summed E-state index contributed by atoms with van der Waals surface area (Å²) >= 11 is 0. The molecular weight excluding hydrogens is 96.1 g/mol. The Labute approximate surface area is 42.5 Å². The zero-order valence-electron chi connectivity index (χ0n) is 4.52. The molecule has 0 rings (SSSR count). The molecule has 0 aliphatic carbocycles. The van der Waals surface area contributed by atoms with Gasteiger partial charge in [-0.25, -0.2) is 0 Å². The Kier molecular flexibility index (Phi) is 2.27. The summed E-state index contributed by atoms with van der Waals surface area (Å²) in [6, 6.07) is 0. The lowest BCUT2D eigenvalue weighted by Gasteiger charge is -1.81. The average molecular weight is 104 g/mol. The number of hydrogen-bond acceptors (Lipinski definition) is 2. The van der Waals surface area contributed by atoms with Crippen LogP contribution in [0.25, 0.3) is 0 Å². The summed E-state index contributed by atoms with van der Waals surface area (Å²) in [5.41, 5.74) is 0. The molecule has 0 amide bonds. The molecule has 0 aromatic carbocycles. The van der Waals surface area contributed by atoms with Crippen LogP contribution in [0.3, 0.4) is 0 Å². The van der Waals surface area contributed by atoms with Gasteiger partial charge in [-0.15, -0.1) is 0 Å². The summed E-state index contributed by atoms with van der Waals surface area (Å²) in [4.78, 5) is 20.1. The smallest absolute Gasteiger partial charge is 0.137 e. The molecule has 0 saturated carbocycles. The Morgan fingerprint density at radius 2 is 1.43 bits per heavy atom. The fourth-order valence-electron chi connectivity index (χ4n) is 0.351. The Hall–Kier alpha value is -0.660. The first kappa shape index (κ1) is 6.34. The molecule has 0 heterocycles. The largest absolute Gasteiger partial charge is 0.300 e. The monoisotopic (exact) mass is 104 g/mol. The maximum absolute atomic E-state index is 10.0. The van der Waals surface area contributed by atoms with E-state index in [0.717, 1.165) is 0 Å². The number of ketones is 2. The number of rotatable bonds is 2. The highest BCUT2D eigenvalue weighted by Crippen LogP contribution is 1.80. The summed E-state index contributed by atoms with van der Waals surface area (Å²) in [6.45, 7) is 2.81. The highest BCUT2D eigenvalue weighted by Gasteiger charge is 1.94. The van der Waals surface area contributed by atoms with E-state index in [0.29, 0.717) is 0 Å². The zero-order chi connectivity index (χ0) is 5.86. The predicted molar refractivity (Wildman–Crippen MR) is 26.0 cm³/mol. The van der Waals surface area contributed by atoms with Crippen LogP contribution in [-0.4, -0.2) is 11.6 Å². The minimum absolute atomic E-state index is 0.0625. The van der Waals surface area contributed by atoms with Crippen LogP contribution in [0.2, 0.25) is 0 Å². The second-order valence-corrected chi connectivity index (χ2v) is 1.58. The number of Topliss-reactive ketones (excluding diaryl/α,β-unsaturated/α-hetero) is 2. The minimum Gasteiger partial charge on any atom is -0.300 e. The van der Waals surface area contributed by atoms with Crippen LogP contribution in [-0.2, 0) is 9.59 Å². The normalized spacial score (nSPS) is 8.29. The predicted octanol–water partition coefficient (Wildman–Crippen LogP) is 0.554. The molecule has 0 radical (unpaired) electrons. The van der Waals surface area contributed by atoms with Crippen molar-refractivity contribution in [1.82, 2.24) is 0 Å². The van der Waals surface area contributed by atoms with Gasteiger partial charge in [0, 0.05) is 0 Å². The molecule has 0 bridgehead atoms. The molecule has 0 atom stereocenters. The first-order valence-electron chi connectivity index (χ1n) is 2.12. The number of carbonyl (C=O) groups is 2. The average Bonchev–Trinajstić information content (AvgIpc) is 1.27. The number of hydrogen-bond donors (Lipinski definition) is 0. The standard InChI is InChI=1S/C5H8O2/c1-4(6)3-5(2)7/h3H2,1-2H3/i6+2,7+2. The lowest BCUT2D eigenvalue weighted by molar-refractivity contribution is -0.124. The molecule has 0 aromatic rings. The Morgan fingerprint density at radius 1 is 1.14 bits per heavy atom. The maximum atomic E-state index is 10.0. The molecule has 0 saturated heterocycles. The molecule has 0 spiro atoms. The van der Waals surface area contributed by atoms with Crippen LogP contribution >= 0.6 is 0 Å². The summed E-state index contributed by atoms with van der Waals surface area (Å²) < 4.78 is 0. The molecule has 0 aliphatic rings. The van der Waals surface area contributed by atoms with Crippen molar-refractivity contribution in [3.05, 3.63) is 0 Å². The van der Waals surface area contributed by atoms with Crippen LogP contribution in [0.15, 0.2) is 0 Å². The second kappa shape index (κ2) is 2.50. The van der Waals surface area contributed by atoms with Gasteiger partial charge in [-0.1, -0.05) is 0 Å². The molecule has 2 heteroatoms. The molecule has 0 fully saturated rings. The van der Waals surface area contributed by atoms with E-state index < -0.39 is 0 Å². The fourth-order valence-corrected chi connectivity index (χ4v) is 0.351. The molecule has 0 aromatic heterocycles. The van der Waals surface area contributed by atoms with Gasteiger partial charge < -0.3 is 0 Å². The molecule has 40 valence electrons. The lowest BCUT2D eigenvalue weighted by Crippen LogP contribution is -1.97. The van der Waals surface area contributed by atoms with Gasteiger partial charge in [0.25, 0.3) is 0 Å². The van der Waals surface area contributed by atoms with Crippen LogP contribution in [0, 0.1) is 0 Å². The van der Waals surface area contributed by atoms with Crippen molar-refractivity contribution in [1.29, 1.82) is 0 Å². The molecule has 0 unspecified atom stereocenters. The molecule has 7 heavy (non-hydrogen) atoms. The third-order valence-corrected chi connectivity index (χ3v) is 0.498. The van der Waals surface area contributed by atoms with E-state index in [4.69, 9.17) is 0 Å². The minimum atomic E-state index is -0.0625. The third-order valence-electron chi connectivity index (χ3n) is 0.498. The summed E-state index contributed by atoms with van der Waals surface area (Å²) in [6.07, 6.45) is 0.0833. The van der Waals surface area contributed by atoms with Crippen molar-refractivity contribution < 1.29 is 9.59 Å². The van der Waals surface area contributed by atoms with Crippen LogP contribution in [0.5, 0.6) is 0 Å². The van der Waals surface area contributed by atoms with E-state index in [1.165, 1.54) is 13.8 Å². The maximum Gasteiger partial charge on any atom is 0.137 e. The van der Waals surface area contributed by atoms with Crippen molar-refractivity contribution in [3.8, 4) is 0 Å². The van der Waals surface area contributed by atoms with Gasteiger partial charge in [0.15, 0.2) is 0 Å². The van der Waals surface area contributed by atoms with Gasteiger partial charge >= 0.3 is 0 Å². The summed E-state index contributed by atoms with van der Waals surface area (Å²) in [5, 5.41) is 0. The van der Waals surface area contributed by atoms with Crippen LogP contribution in [0.1, 0.15) is 20.3 Å². The third kappa shape index (κ3) is 5.34. The summed E-state index contributed by atoms with van der Waals surface area (Å²) in [7, 11) is 0. The van der Waals surface area contributed by atoms with Crippen molar-refractivity contribution in [2.75, 3.05) is 0 Å². The highest BCUT2D eigenvalue weighted by molar-refractivity contribution is 5.96. The van der Waals surface area contributed by atoms with E-state index in [2.05, 4.69) is 0 Å². The first-order chi connectivity index (χ1) is 3.13.